The van der Waals surface area contributed by atoms with Crippen LogP contribution < -0.4 is 0 Å². The van der Waals surface area contributed by atoms with Crippen LogP contribution in [0.4, 0.5) is 0 Å². The van der Waals surface area contributed by atoms with Crippen LogP contribution in [0.1, 0.15) is 0 Å². The van der Waals surface area contributed by atoms with E-state index in [1.54, 1.807) is 29.3 Å². The third kappa shape index (κ3) is 0.823. The van der Waals surface area contributed by atoms with Gasteiger partial charge in [-0.15, -0.1) is 11.3 Å². The molecule has 0 amide bonds. The number of hydrogen-bond acceptors (Lipinski definition) is 4. The molecule has 0 bridgehead atoms. The van der Waals surface area contributed by atoms with Gasteiger partial charge in [0.15, 0.2) is 0 Å². The van der Waals surface area contributed by atoms with Gasteiger partial charge >= 0.3 is 0 Å². The van der Waals surface area contributed by atoms with E-state index in [4.69, 9.17) is 0 Å². The van der Waals surface area contributed by atoms with Crippen molar-refractivity contribution >= 4 is 11.3 Å². The first kappa shape index (κ1) is 5.61. The topological polar surface area (TPSA) is 38.9 Å². The molecular formula is C6H4N2OS. The minimum Gasteiger partial charge on any atom is -0.364 e. The van der Waals surface area contributed by atoms with Gasteiger partial charge in [-0.25, -0.2) is 0 Å². The SMILES string of the molecule is c1cc(-c2cncs2)no1. The smallest absolute Gasteiger partial charge is 0.125 e. The lowest BCUT2D eigenvalue weighted by Crippen LogP contribution is -1.66. The highest BCUT2D eigenvalue weighted by atomic mass is 32.1. The Morgan fingerprint density at radius 3 is 3.10 bits per heavy atom. The summed E-state index contributed by atoms with van der Waals surface area (Å²) in [5, 5.41) is 3.75. The molecule has 0 aliphatic carbocycles. The largest absolute Gasteiger partial charge is 0.364 e. The zero-order chi connectivity index (χ0) is 6.81. The van der Waals surface area contributed by atoms with Crippen molar-refractivity contribution in [1.29, 1.82) is 0 Å². The van der Waals surface area contributed by atoms with Crippen molar-refractivity contribution in [2.75, 3.05) is 0 Å². The van der Waals surface area contributed by atoms with Gasteiger partial charge in [-0.2, -0.15) is 0 Å². The van der Waals surface area contributed by atoms with Crippen molar-refractivity contribution < 1.29 is 4.52 Å². The maximum atomic E-state index is 4.67. The zero-order valence-corrected chi connectivity index (χ0v) is 5.84. The van der Waals surface area contributed by atoms with Crippen LogP contribution in [0.25, 0.3) is 10.6 Å². The zero-order valence-electron chi connectivity index (χ0n) is 5.02. The Hall–Kier alpha value is -1.16. The lowest BCUT2D eigenvalue weighted by atomic mass is 10.4. The molecule has 0 aromatic carbocycles. The fraction of sp³-hybridized carbons (Fsp3) is 0. The van der Waals surface area contributed by atoms with Gasteiger partial charge in [-0.1, -0.05) is 5.16 Å². The fourth-order valence-electron chi connectivity index (χ4n) is 0.682. The van der Waals surface area contributed by atoms with Crippen molar-refractivity contribution in [3.8, 4) is 10.6 Å². The summed E-state index contributed by atoms with van der Waals surface area (Å²) in [4.78, 5) is 4.95. The number of nitrogens with zero attached hydrogens (tertiary/aromatic N) is 2. The average Bonchev–Trinajstić information content (AvgIpc) is 2.59. The van der Waals surface area contributed by atoms with E-state index in [0.29, 0.717) is 0 Å². The molecule has 0 radical (unpaired) electrons. The Bertz CT molecular complexity index is 255. The molecule has 2 aromatic heterocycles. The van der Waals surface area contributed by atoms with E-state index >= 15 is 0 Å². The molecule has 2 aromatic rings. The maximum absolute atomic E-state index is 4.67. The van der Waals surface area contributed by atoms with E-state index in [1.807, 2.05) is 6.07 Å². The molecule has 0 N–H and O–H groups in total. The highest BCUT2D eigenvalue weighted by Gasteiger charge is 2.00. The summed E-state index contributed by atoms with van der Waals surface area (Å²) in [6, 6.07) is 1.81. The Morgan fingerprint density at radius 2 is 2.50 bits per heavy atom. The molecule has 10 heavy (non-hydrogen) atoms. The number of rotatable bonds is 1. The molecule has 0 saturated carbocycles. The van der Waals surface area contributed by atoms with Gasteiger partial charge < -0.3 is 4.52 Å². The van der Waals surface area contributed by atoms with Gasteiger partial charge in [-0.3, -0.25) is 4.98 Å². The minimum atomic E-state index is 0.850. The van der Waals surface area contributed by atoms with Crippen LogP contribution in [0.5, 0.6) is 0 Å². The van der Waals surface area contributed by atoms with E-state index in [1.165, 1.54) is 0 Å². The van der Waals surface area contributed by atoms with Gasteiger partial charge in [0.2, 0.25) is 0 Å². The van der Waals surface area contributed by atoms with Crippen LogP contribution in [0.2, 0.25) is 0 Å². The predicted molar refractivity (Wildman–Crippen MR) is 37.6 cm³/mol. The first-order chi connectivity index (χ1) is 4.97. The minimum absolute atomic E-state index is 0.850. The summed E-state index contributed by atoms with van der Waals surface area (Å²) in [5.41, 5.74) is 2.62. The van der Waals surface area contributed by atoms with Crippen molar-refractivity contribution in [1.82, 2.24) is 10.1 Å². The molecule has 50 valence electrons. The molecule has 0 aliphatic heterocycles. The highest BCUT2D eigenvalue weighted by molar-refractivity contribution is 7.13. The van der Waals surface area contributed by atoms with Crippen LogP contribution in [0, 0.1) is 0 Å². The third-order valence-corrected chi connectivity index (χ3v) is 1.92. The maximum Gasteiger partial charge on any atom is 0.125 e. The summed E-state index contributed by atoms with van der Waals surface area (Å²) < 4.78 is 4.67. The van der Waals surface area contributed by atoms with Gasteiger partial charge in [0, 0.05) is 12.3 Å². The molecule has 0 aliphatic rings. The van der Waals surface area contributed by atoms with Crippen LogP contribution >= 0.6 is 11.3 Å². The van der Waals surface area contributed by atoms with E-state index in [9.17, 15) is 0 Å². The monoisotopic (exact) mass is 152 g/mol. The van der Waals surface area contributed by atoms with E-state index in [2.05, 4.69) is 14.7 Å². The van der Waals surface area contributed by atoms with Crippen LogP contribution in [0.15, 0.2) is 28.6 Å². The van der Waals surface area contributed by atoms with Gasteiger partial charge in [0.1, 0.15) is 12.0 Å². The Kier molecular flexibility index (Phi) is 1.25. The summed E-state index contributed by atoms with van der Waals surface area (Å²) in [6.07, 6.45) is 3.32. The van der Waals surface area contributed by atoms with Crippen LogP contribution in [-0.4, -0.2) is 10.1 Å². The number of aromatic nitrogens is 2. The number of thiazole rings is 1. The van der Waals surface area contributed by atoms with E-state index in [-0.39, 0.29) is 0 Å². The van der Waals surface area contributed by atoms with Crippen molar-refractivity contribution in [3.05, 3.63) is 24.0 Å². The summed E-state index contributed by atoms with van der Waals surface area (Å²) >= 11 is 1.55. The normalized spacial score (nSPS) is 10.0. The van der Waals surface area contributed by atoms with Gasteiger partial charge in [0.25, 0.3) is 0 Å². The molecule has 2 heterocycles. The molecule has 3 nitrogen and oxygen atoms in total. The summed E-state index contributed by atoms with van der Waals surface area (Å²) in [6.45, 7) is 0. The molecule has 4 heteroatoms. The van der Waals surface area contributed by atoms with Crippen molar-refractivity contribution in [3.63, 3.8) is 0 Å². The molecule has 0 saturated heterocycles. The van der Waals surface area contributed by atoms with E-state index < -0.39 is 0 Å². The second kappa shape index (κ2) is 2.22. The molecule has 0 fully saturated rings. The second-order valence-electron chi connectivity index (χ2n) is 1.75. The first-order valence-corrected chi connectivity index (χ1v) is 3.64. The molecule has 2 rings (SSSR count). The van der Waals surface area contributed by atoms with Gasteiger partial charge in [0.05, 0.1) is 10.4 Å². The lowest BCUT2D eigenvalue weighted by molar-refractivity contribution is 0.422. The standard InChI is InChI=1S/C6H4N2OS/c1-2-9-8-5(1)6-3-7-4-10-6/h1-4H. The second-order valence-corrected chi connectivity index (χ2v) is 2.64. The first-order valence-electron chi connectivity index (χ1n) is 2.76. The van der Waals surface area contributed by atoms with Crippen molar-refractivity contribution in [2.45, 2.75) is 0 Å². The lowest BCUT2D eigenvalue weighted by Gasteiger charge is -1.80. The summed E-state index contributed by atoms with van der Waals surface area (Å²) in [7, 11) is 0. The molecule has 0 atom stereocenters. The van der Waals surface area contributed by atoms with Crippen LogP contribution in [0.3, 0.4) is 0 Å². The average molecular weight is 152 g/mol. The summed E-state index contributed by atoms with van der Waals surface area (Å²) in [5.74, 6) is 0. The third-order valence-electron chi connectivity index (χ3n) is 1.12. The van der Waals surface area contributed by atoms with Crippen molar-refractivity contribution in [2.24, 2.45) is 0 Å². The predicted octanol–water partition coefficient (Wildman–Crippen LogP) is 1.80. The fourth-order valence-corrected chi connectivity index (χ4v) is 1.26. The number of hydrogen-bond donors (Lipinski definition) is 0. The molecular weight excluding hydrogens is 148 g/mol. The Morgan fingerprint density at radius 1 is 1.50 bits per heavy atom. The molecule has 0 unspecified atom stereocenters. The van der Waals surface area contributed by atoms with E-state index in [0.717, 1.165) is 10.6 Å². The Balaban J connectivity index is 2.48. The molecule has 0 spiro atoms. The highest BCUT2D eigenvalue weighted by Crippen LogP contribution is 2.19. The Labute approximate surface area is 61.3 Å². The van der Waals surface area contributed by atoms with Gasteiger partial charge in [-0.05, 0) is 0 Å². The quantitative estimate of drug-likeness (QED) is 0.625. The van der Waals surface area contributed by atoms with Crippen LogP contribution in [-0.2, 0) is 0 Å².